The molecule has 6 nitrogen and oxygen atoms in total. The molecule has 22 heavy (non-hydrogen) atoms. The van der Waals surface area contributed by atoms with E-state index in [1.807, 2.05) is 23.7 Å². The van der Waals surface area contributed by atoms with Crippen LogP contribution in [-0.4, -0.2) is 17.3 Å². The zero-order valence-electron chi connectivity index (χ0n) is 11.3. The lowest BCUT2D eigenvalue weighted by Gasteiger charge is -1.98. The molecule has 4 rings (SSSR count). The Hall–Kier alpha value is -2.06. The molecule has 0 atom stereocenters. The monoisotopic (exact) mass is 380 g/mol. The van der Waals surface area contributed by atoms with Gasteiger partial charge >= 0.3 is 5.91 Å². The minimum Gasteiger partial charge on any atom is -0.454 e. The smallest absolute Gasteiger partial charge is 0.315 e. The van der Waals surface area contributed by atoms with E-state index in [2.05, 4.69) is 20.9 Å². The third-order valence-corrected chi connectivity index (χ3v) is 4.81. The molecular formula is C14H9BrN2O4S. The van der Waals surface area contributed by atoms with Crippen molar-refractivity contribution in [1.82, 2.24) is 4.57 Å². The van der Waals surface area contributed by atoms with Gasteiger partial charge in [-0.15, -0.1) is 0 Å². The lowest BCUT2D eigenvalue weighted by molar-refractivity contribution is 0.0970. The predicted octanol–water partition coefficient (Wildman–Crippen LogP) is 3.07. The van der Waals surface area contributed by atoms with Crippen molar-refractivity contribution in [3.05, 3.63) is 39.5 Å². The summed E-state index contributed by atoms with van der Waals surface area (Å²) in [5.74, 6) is 1.18. The SMILES string of the molecule is Cn1c(=NC(=O)c2ccc(Br)o2)sc2cc3c(cc21)OCO3. The molecule has 112 valence electrons. The summed E-state index contributed by atoms with van der Waals surface area (Å²) < 4.78 is 19.3. The molecule has 0 radical (unpaired) electrons. The van der Waals surface area contributed by atoms with Crippen molar-refractivity contribution in [2.75, 3.05) is 6.79 Å². The first kappa shape index (κ1) is 13.6. The number of carbonyl (C=O) groups excluding carboxylic acids is 1. The van der Waals surface area contributed by atoms with Crippen LogP contribution in [0.1, 0.15) is 10.6 Å². The molecule has 3 aromatic rings. The molecular weight excluding hydrogens is 372 g/mol. The molecule has 3 heterocycles. The average Bonchev–Trinajstić information content (AvgIpc) is 3.18. The maximum absolute atomic E-state index is 12.1. The summed E-state index contributed by atoms with van der Waals surface area (Å²) in [6, 6.07) is 7.03. The number of aryl methyl sites for hydroxylation is 1. The highest BCUT2D eigenvalue weighted by atomic mass is 79.9. The fraction of sp³-hybridized carbons (Fsp3) is 0.143. The number of fused-ring (bicyclic) bond motifs is 2. The van der Waals surface area contributed by atoms with Crippen LogP contribution >= 0.6 is 27.3 Å². The zero-order chi connectivity index (χ0) is 15.3. The van der Waals surface area contributed by atoms with E-state index in [0.29, 0.717) is 21.0 Å². The van der Waals surface area contributed by atoms with Crippen LogP contribution in [0.25, 0.3) is 10.2 Å². The normalized spacial score (nSPS) is 14.0. The van der Waals surface area contributed by atoms with Gasteiger partial charge in [-0.25, -0.2) is 0 Å². The quantitative estimate of drug-likeness (QED) is 0.650. The summed E-state index contributed by atoms with van der Waals surface area (Å²) in [7, 11) is 1.85. The van der Waals surface area contributed by atoms with Crippen LogP contribution in [0.2, 0.25) is 0 Å². The number of aromatic nitrogens is 1. The van der Waals surface area contributed by atoms with Gasteiger partial charge in [0.25, 0.3) is 0 Å². The Morgan fingerprint density at radius 1 is 1.32 bits per heavy atom. The second kappa shape index (κ2) is 4.99. The Bertz CT molecular complexity index is 969. The van der Waals surface area contributed by atoms with Gasteiger partial charge in [0.15, 0.2) is 26.7 Å². The summed E-state index contributed by atoms with van der Waals surface area (Å²) in [6.07, 6.45) is 0. The summed E-state index contributed by atoms with van der Waals surface area (Å²) in [5.41, 5.74) is 0.932. The second-order valence-corrected chi connectivity index (χ2v) is 6.43. The number of amides is 1. The minimum atomic E-state index is -0.423. The van der Waals surface area contributed by atoms with Gasteiger partial charge in [-0.1, -0.05) is 11.3 Å². The molecule has 1 aliphatic rings. The molecule has 0 spiro atoms. The number of hydrogen-bond donors (Lipinski definition) is 0. The highest BCUT2D eigenvalue weighted by molar-refractivity contribution is 9.10. The van der Waals surface area contributed by atoms with Crippen molar-refractivity contribution in [3.8, 4) is 11.5 Å². The fourth-order valence-electron chi connectivity index (χ4n) is 2.20. The van der Waals surface area contributed by atoms with Crippen molar-refractivity contribution in [3.63, 3.8) is 0 Å². The summed E-state index contributed by atoms with van der Waals surface area (Å²) in [4.78, 5) is 16.8. The van der Waals surface area contributed by atoms with Gasteiger partial charge in [0.1, 0.15) is 0 Å². The van der Waals surface area contributed by atoms with E-state index in [0.717, 1.165) is 10.2 Å². The highest BCUT2D eigenvalue weighted by Crippen LogP contribution is 2.36. The van der Waals surface area contributed by atoms with Gasteiger partial charge in [-0.05, 0) is 28.1 Å². The molecule has 0 unspecified atom stereocenters. The number of halogens is 1. The van der Waals surface area contributed by atoms with E-state index in [1.165, 1.54) is 11.3 Å². The van der Waals surface area contributed by atoms with Crippen molar-refractivity contribution in [2.24, 2.45) is 12.0 Å². The van der Waals surface area contributed by atoms with E-state index in [-0.39, 0.29) is 12.6 Å². The lowest BCUT2D eigenvalue weighted by Crippen LogP contribution is -2.13. The maximum Gasteiger partial charge on any atom is 0.315 e. The number of hydrogen-bond acceptors (Lipinski definition) is 5. The molecule has 0 N–H and O–H groups in total. The third kappa shape index (κ3) is 2.15. The topological polar surface area (TPSA) is 66.0 Å². The standard InChI is InChI=1S/C14H9BrN2O4S/c1-17-7-4-9-10(20-6-19-9)5-11(7)22-14(17)16-13(18)8-2-3-12(15)21-8/h2-5H,6H2,1H3. The van der Waals surface area contributed by atoms with Crippen molar-refractivity contribution in [2.45, 2.75) is 0 Å². The van der Waals surface area contributed by atoms with Gasteiger partial charge in [-0.2, -0.15) is 4.99 Å². The maximum atomic E-state index is 12.1. The van der Waals surface area contributed by atoms with Crippen LogP contribution in [0.5, 0.6) is 11.5 Å². The molecule has 0 aliphatic carbocycles. The molecule has 1 amide bonds. The third-order valence-electron chi connectivity index (χ3n) is 3.28. The Morgan fingerprint density at radius 3 is 2.82 bits per heavy atom. The summed E-state index contributed by atoms with van der Waals surface area (Å²) >= 11 is 4.57. The second-order valence-electron chi connectivity index (χ2n) is 4.64. The van der Waals surface area contributed by atoms with Gasteiger partial charge in [0.2, 0.25) is 6.79 Å². The highest BCUT2D eigenvalue weighted by Gasteiger charge is 2.17. The summed E-state index contributed by atoms with van der Waals surface area (Å²) in [6.45, 7) is 0.236. The number of ether oxygens (including phenoxy) is 2. The number of benzene rings is 1. The first-order valence-electron chi connectivity index (χ1n) is 6.35. The van der Waals surface area contributed by atoms with Gasteiger partial charge < -0.3 is 18.5 Å². The van der Waals surface area contributed by atoms with Crippen molar-refractivity contribution < 1.29 is 18.7 Å². The number of thiazole rings is 1. The number of furan rings is 1. The van der Waals surface area contributed by atoms with Crippen molar-refractivity contribution >= 4 is 43.4 Å². The number of carbonyl (C=O) groups is 1. The van der Waals surface area contributed by atoms with E-state index >= 15 is 0 Å². The molecule has 0 saturated heterocycles. The lowest BCUT2D eigenvalue weighted by atomic mass is 10.3. The Labute approximate surface area is 136 Å². The van der Waals surface area contributed by atoms with Crippen molar-refractivity contribution in [1.29, 1.82) is 0 Å². The predicted molar refractivity (Wildman–Crippen MR) is 83.2 cm³/mol. The molecule has 1 aliphatic heterocycles. The molecule has 0 saturated carbocycles. The van der Waals surface area contributed by atoms with Gasteiger partial charge in [0, 0.05) is 19.2 Å². The van der Waals surface area contributed by atoms with Crippen LogP contribution in [0.4, 0.5) is 0 Å². The van der Waals surface area contributed by atoms with E-state index < -0.39 is 5.91 Å². The van der Waals surface area contributed by atoms with E-state index in [9.17, 15) is 4.79 Å². The zero-order valence-corrected chi connectivity index (χ0v) is 13.7. The first-order valence-corrected chi connectivity index (χ1v) is 7.96. The van der Waals surface area contributed by atoms with Gasteiger partial charge in [0.05, 0.1) is 10.2 Å². The molecule has 1 aromatic carbocycles. The van der Waals surface area contributed by atoms with Crippen LogP contribution < -0.4 is 14.3 Å². The minimum absolute atomic E-state index is 0.193. The fourth-order valence-corrected chi connectivity index (χ4v) is 3.53. The number of nitrogens with zero attached hydrogens (tertiary/aromatic N) is 2. The average molecular weight is 381 g/mol. The van der Waals surface area contributed by atoms with E-state index in [1.54, 1.807) is 12.1 Å². The van der Waals surface area contributed by atoms with Crippen LogP contribution in [0.15, 0.2) is 38.3 Å². The number of rotatable bonds is 1. The molecule has 0 fully saturated rings. The Kier molecular flexibility index (Phi) is 3.08. The Balaban J connectivity index is 1.83. The Morgan fingerprint density at radius 2 is 2.09 bits per heavy atom. The van der Waals surface area contributed by atoms with Crippen LogP contribution in [-0.2, 0) is 7.05 Å². The van der Waals surface area contributed by atoms with E-state index in [4.69, 9.17) is 13.9 Å². The van der Waals surface area contributed by atoms with Gasteiger partial charge in [-0.3, -0.25) is 4.79 Å². The molecule has 8 heteroatoms. The van der Waals surface area contributed by atoms with Crippen LogP contribution in [0.3, 0.4) is 0 Å². The van der Waals surface area contributed by atoms with Crippen LogP contribution in [0, 0.1) is 0 Å². The first-order chi connectivity index (χ1) is 10.6. The largest absolute Gasteiger partial charge is 0.454 e. The molecule has 0 bridgehead atoms. The summed E-state index contributed by atoms with van der Waals surface area (Å²) in [5, 5.41) is 0. The molecule has 2 aromatic heterocycles.